The highest BCUT2D eigenvalue weighted by Crippen LogP contribution is 2.27. The zero-order chi connectivity index (χ0) is 13.1. The molecule has 1 aliphatic carbocycles. The van der Waals surface area contributed by atoms with Gasteiger partial charge in [-0.1, -0.05) is 18.6 Å². The summed E-state index contributed by atoms with van der Waals surface area (Å²) in [5, 5.41) is 21.6. The van der Waals surface area contributed by atoms with Gasteiger partial charge in [0.15, 0.2) is 11.6 Å². The monoisotopic (exact) mass is 253 g/mol. The van der Waals surface area contributed by atoms with Crippen molar-refractivity contribution in [3.05, 3.63) is 29.6 Å². The van der Waals surface area contributed by atoms with E-state index in [2.05, 4.69) is 5.32 Å². The molecule has 98 valence electrons. The first-order valence-electron chi connectivity index (χ1n) is 6.02. The number of hydrogen-bond acceptors (Lipinski definition) is 3. The van der Waals surface area contributed by atoms with Gasteiger partial charge in [-0.15, -0.1) is 0 Å². The Bertz CT molecular complexity index is 450. The number of nitrogens with one attached hydrogen (secondary N) is 1. The van der Waals surface area contributed by atoms with Crippen molar-refractivity contribution in [2.24, 2.45) is 5.92 Å². The molecule has 1 saturated carbocycles. The molecule has 1 aliphatic rings. The Kier molecular flexibility index (Phi) is 3.81. The Morgan fingerprint density at radius 3 is 2.94 bits per heavy atom. The van der Waals surface area contributed by atoms with E-state index in [4.69, 9.17) is 5.11 Å². The molecule has 0 heterocycles. The minimum Gasteiger partial charge on any atom is -0.505 e. The normalized spacial score (nSPS) is 23.2. The van der Waals surface area contributed by atoms with Crippen LogP contribution < -0.4 is 5.32 Å². The van der Waals surface area contributed by atoms with Gasteiger partial charge in [0.05, 0.1) is 5.92 Å². The quantitative estimate of drug-likeness (QED) is 0.766. The molecule has 1 fully saturated rings. The minimum absolute atomic E-state index is 0.106. The first-order valence-corrected chi connectivity index (χ1v) is 6.02. The molecule has 0 radical (unpaired) electrons. The second kappa shape index (κ2) is 5.35. The first-order chi connectivity index (χ1) is 8.59. The van der Waals surface area contributed by atoms with Crippen LogP contribution in [0.4, 0.5) is 4.39 Å². The molecule has 0 unspecified atom stereocenters. The third-order valence-corrected chi connectivity index (χ3v) is 3.46. The minimum atomic E-state index is -0.798. The lowest BCUT2D eigenvalue weighted by Gasteiger charge is -2.18. The van der Waals surface area contributed by atoms with E-state index < -0.39 is 11.8 Å². The van der Waals surface area contributed by atoms with E-state index in [1.54, 1.807) is 6.07 Å². The number of phenolic OH excluding ortho intramolecular Hbond substituents is 1. The molecule has 0 aromatic heterocycles. The van der Waals surface area contributed by atoms with E-state index in [9.17, 15) is 14.3 Å². The van der Waals surface area contributed by atoms with Crippen molar-refractivity contribution in [1.29, 1.82) is 0 Å². The van der Waals surface area contributed by atoms with E-state index in [1.807, 2.05) is 0 Å². The Hall–Kier alpha value is -1.62. The van der Waals surface area contributed by atoms with Crippen LogP contribution >= 0.6 is 0 Å². The molecule has 0 spiro atoms. The number of aromatic hydroxyl groups is 1. The topological polar surface area (TPSA) is 69.6 Å². The van der Waals surface area contributed by atoms with Crippen LogP contribution in [0.2, 0.25) is 0 Å². The van der Waals surface area contributed by atoms with Crippen LogP contribution in [0.15, 0.2) is 18.2 Å². The van der Waals surface area contributed by atoms with Crippen LogP contribution in [-0.2, 0) is 11.3 Å². The highest BCUT2D eigenvalue weighted by Gasteiger charge is 2.32. The van der Waals surface area contributed by atoms with Crippen molar-refractivity contribution in [3.8, 4) is 5.75 Å². The summed E-state index contributed by atoms with van der Waals surface area (Å²) in [6.45, 7) is 0.276. The fraction of sp³-hybridized carbons (Fsp3) is 0.462. The molecule has 18 heavy (non-hydrogen) atoms. The van der Waals surface area contributed by atoms with Crippen LogP contribution in [0.3, 0.4) is 0 Å². The Morgan fingerprint density at radius 1 is 1.44 bits per heavy atom. The molecule has 4 nitrogen and oxygen atoms in total. The molecule has 0 aliphatic heterocycles. The zero-order valence-corrected chi connectivity index (χ0v) is 9.90. The molecule has 1 aromatic rings. The summed E-state index contributed by atoms with van der Waals surface area (Å²) in [6.07, 6.45) is 2.35. The second-order valence-electron chi connectivity index (χ2n) is 4.61. The molecule has 3 N–H and O–H groups in total. The molecular weight excluding hydrogens is 237 g/mol. The van der Waals surface area contributed by atoms with Gasteiger partial charge < -0.3 is 15.5 Å². The van der Waals surface area contributed by atoms with Crippen molar-refractivity contribution in [1.82, 2.24) is 5.32 Å². The smallest absolute Gasteiger partial charge is 0.308 e. The standard InChI is InChI=1S/C13H16FNO3/c14-10-5-1-3-8(12(10)16)7-15-11-6-2-4-9(11)13(17)18/h1,3,5,9,11,15-16H,2,4,6-7H2,(H,17,18)/t9-,11+/m1/s1. The van der Waals surface area contributed by atoms with Gasteiger partial charge in [-0.3, -0.25) is 4.79 Å². The summed E-state index contributed by atoms with van der Waals surface area (Å²) in [5.41, 5.74) is 0.450. The summed E-state index contributed by atoms with van der Waals surface area (Å²) in [5.74, 6) is -2.21. The van der Waals surface area contributed by atoms with Gasteiger partial charge in [0, 0.05) is 18.2 Å². The van der Waals surface area contributed by atoms with Crippen molar-refractivity contribution < 1.29 is 19.4 Å². The number of phenols is 1. The van der Waals surface area contributed by atoms with Gasteiger partial charge in [-0.2, -0.15) is 0 Å². The van der Waals surface area contributed by atoms with E-state index in [1.165, 1.54) is 12.1 Å². The number of para-hydroxylation sites is 1. The highest BCUT2D eigenvalue weighted by atomic mass is 19.1. The molecule has 0 bridgehead atoms. The highest BCUT2D eigenvalue weighted by molar-refractivity contribution is 5.71. The van der Waals surface area contributed by atoms with Gasteiger partial charge in [0.25, 0.3) is 0 Å². The second-order valence-corrected chi connectivity index (χ2v) is 4.61. The lowest BCUT2D eigenvalue weighted by molar-refractivity contribution is -0.142. The van der Waals surface area contributed by atoms with E-state index in [0.717, 1.165) is 12.8 Å². The van der Waals surface area contributed by atoms with Crippen LogP contribution in [0.5, 0.6) is 5.75 Å². The average Bonchev–Trinajstić information content (AvgIpc) is 2.79. The molecule has 2 rings (SSSR count). The number of rotatable bonds is 4. The van der Waals surface area contributed by atoms with Gasteiger partial charge in [-0.05, 0) is 18.9 Å². The van der Waals surface area contributed by atoms with E-state index in [-0.39, 0.29) is 24.3 Å². The molecule has 2 atom stereocenters. The van der Waals surface area contributed by atoms with E-state index >= 15 is 0 Å². The van der Waals surface area contributed by atoms with Gasteiger partial charge in [-0.25, -0.2) is 4.39 Å². The lowest BCUT2D eigenvalue weighted by Crippen LogP contribution is -2.35. The molecule has 0 saturated heterocycles. The van der Waals surface area contributed by atoms with Gasteiger partial charge in [0.2, 0.25) is 0 Å². The number of benzene rings is 1. The third-order valence-electron chi connectivity index (χ3n) is 3.46. The summed E-state index contributed by atoms with van der Waals surface area (Å²) >= 11 is 0. The lowest BCUT2D eigenvalue weighted by atomic mass is 10.0. The third kappa shape index (κ3) is 2.61. The summed E-state index contributed by atoms with van der Waals surface area (Å²) in [6, 6.07) is 4.23. The largest absolute Gasteiger partial charge is 0.505 e. The summed E-state index contributed by atoms with van der Waals surface area (Å²) in [7, 11) is 0. The predicted molar refractivity (Wildman–Crippen MR) is 63.7 cm³/mol. The number of hydrogen-bond donors (Lipinski definition) is 3. The SMILES string of the molecule is O=C(O)[C@@H]1CCC[C@@H]1NCc1cccc(F)c1O. The molecular formula is C13H16FNO3. The zero-order valence-electron chi connectivity index (χ0n) is 9.90. The molecule has 5 heteroatoms. The van der Waals surface area contributed by atoms with Crippen molar-refractivity contribution in [2.75, 3.05) is 0 Å². The molecule has 1 aromatic carbocycles. The maximum Gasteiger partial charge on any atom is 0.308 e. The average molecular weight is 253 g/mol. The van der Waals surface area contributed by atoms with Crippen molar-refractivity contribution in [3.63, 3.8) is 0 Å². The van der Waals surface area contributed by atoms with Crippen molar-refractivity contribution >= 4 is 5.97 Å². The Morgan fingerprint density at radius 2 is 2.22 bits per heavy atom. The maximum atomic E-state index is 13.1. The van der Waals surface area contributed by atoms with Crippen LogP contribution in [0.25, 0.3) is 0 Å². The van der Waals surface area contributed by atoms with E-state index in [0.29, 0.717) is 12.0 Å². The Balaban J connectivity index is 1.99. The fourth-order valence-electron chi connectivity index (χ4n) is 2.44. The van der Waals surface area contributed by atoms with Crippen LogP contribution in [0.1, 0.15) is 24.8 Å². The van der Waals surface area contributed by atoms with Gasteiger partial charge >= 0.3 is 5.97 Å². The van der Waals surface area contributed by atoms with Gasteiger partial charge in [0.1, 0.15) is 0 Å². The summed E-state index contributed by atoms with van der Waals surface area (Å²) < 4.78 is 13.1. The predicted octanol–water partition coefficient (Wildman–Crippen LogP) is 1.87. The van der Waals surface area contributed by atoms with Crippen LogP contribution in [0, 0.1) is 11.7 Å². The first kappa shape index (κ1) is 12.8. The number of carboxylic acids is 1. The van der Waals surface area contributed by atoms with Crippen molar-refractivity contribution in [2.45, 2.75) is 31.8 Å². The summed E-state index contributed by atoms with van der Waals surface area (Å²) in [4.78, 5) is 11.0. The fourth-order valence-corrected chi connectivity index (χ4v) is 2.44. The number of aliphatic carboxylic acids is 1. The maximum absolute atomic E-state index is 13.1. The van der Waals surface area contributed by atoms with Crippen LogP contribution in [-0.4, -0.2) is 22.2 Å². The number of carboxylic acid groups (broad SMARTS) is 1. The number of carbonyl (C=O) groups is 1. The Labute approximate surface area is 104 Å². The molecule has 0 amide bonds. The number of halogens is 1.